The molecule has 0 saturated heterocycles. The Bertz CT molecular complexity index is 1100. The molecule has 0 bridgehead atoms. The highest BCUT2D eigenvalue weighted by Gasteiger charge is 2.32. The van der Waals surface area contributed by atoms with Crippen LogP contribution in [0.1, 0.15) is 37.0 Å². The zero-order valence-electron chi connectivity index (χ0n) is 15.8. The lowest BCUT2D eigenvalue weighted by molar-refractivity contribution is 0.563. The van der Waals surface area contributed by atoms with Crippen LogP contribution in [0.5, 0.6) is 0 Å². The van der Waals surface area contributed by atoms with Crippen LogP contribution in [-0.2, 0) is 5.41 Å². The van der Waals surface area contributed by atoms with Crippen molar-refractivity contribution in [3.63, 3.8) is 0 Å². The zero-order chi connectivity index (χ0) is 19.0. The fraction of sp³-hybridized carbons (Fsp3) is 0.154. The van der Waals surface area contributed by atoms with E-state index in [1.165, 1.54) is 36.6 Å². The highest BCUT2D eigenvalue weighted by molar-refractivity contribution is 14.1. The number of rotatable bonds is 3. The number of halogens is 1. The average molecular weight is 462 g/mol. The Balaban J connectivity index is 1.73. The topological polar surface area (TPSA) is 0 Å². The molecule has 0 spiro atoms. The molecular weight excluding hydrogens is 439 g/mol. The summed E-state index contributed by atoms with van der Waals surface area (Å²) in [5, 5.41) is 2.54. The van der Waals surface area contributed by atoms with Gasteiger partial charge in [-0.15, -0.1) is 0 Å². The lowest BCUT2D eigenvalue weighted by Crippen LogP contribution is -2.11. The first-order valence-corrected chi connectivity index (χ1v) is 10.4. The SMILES string of the molecule is C=C/C(=C\C=C1/CC(C)(C)c2ccccc21)c1ccc2cc(I)ccc2c1. The van der Waals surface area contributed by atoms with Crippen LogP contribution in [0.15, 0.2) is 85.5 Å². The van der Waals surface area contributed by atoms with Gasteiger partial charge in [-0.2, -0.15) is 0 Å². The predicted octanol–water partition coefficient (Wildman–Crippen LogP) is 7.78. The van der Waals surface area contributed by atoms with E-state index in [0.717, 1.165) is 12.0 Å². The van der Waals surface area contributed by atoms with Gasteiger partial charge in [0.15, 0.2) is 0 Å². The predicted molar refractivity (Wildman–Crippen MR) is 127 cm³/mol. The van der Waals surface area contributed by atoms with Crippen molar-refractivity contribution in [2.45, 2.75) is 25.7 Å². The van der Waals surface area contributed by atoms with E-state index in [9.17, 15) is 0 Å². The van der Waals surface area contributed by atoms with Crippen LogP contribution in [0.4, 0.5) is 0 Å². The molecule has 0 heterocycles. The monoisotopic (exact) mass is 462 g/mol. The number of fused-ring (bicyclic) bond motifs is 2. The highest BCUT2D eigenvalue weighted by Crippen LogP contribution is 2.45. The van der Waals surface area contributed by atoms with Gasteiger partial charge in [0.1, 0.15) is 0 Å². The highest BCUT2D eigenvalue weighted by atomic mass is 127. The number of hydrogen-bond acceptors (Lipinski definition) is 0. The minimum atomic E-state index is 0.199. The van der Waals surface area contributed by atoms with E-state index in [2.05, 4.69) is 116 Å². The average Bonchev–Trinajstić information content (AvgIpc) is 2.93. The summed E-state index contributed by atoms with van der Waals surface area (Å²) in [5.74, 6) is 0. The largest absolute Gasteiger partial charge is 0.0984 e. The van der Waals surface area contributed by atoms with E-state index < -0.39 is 0 Å². The number of benzene rings is 3. The molecule has 1 aliphatic carbocycles. The van der Waals surface area contributed by atoms with E-state index in [0.29, 0.717) is 0 Å². The van der Waals surface area contributed by atoms with Gasteiger partial charge in [-0.25, -0.2) is 0 Å². The first-order valence-electron chi connectivity index (χ1n) is 9.31. The first kappa shape index (κ1) is 18.2. The third-order valence-corrected chi connectivity index (χ3v) is 6.13. The quantitative estimate of drug-likeness (QED) is 0.275. The summed E-state index contributed by atoms with van der Waals surface area (Å²) in [6.45, 7) is 8.71. The first-order chi connectivity index (χ1) is 13.0. The van der Waals surface area contributed by atoms with E-state index in [-0.39, 0.29) is 5.41 Å². The number of allylic oxidation sites excluding steroid dienone is 5. The van der Waals surface area contributed by atoms with Gasteiger partial charge in [-0.05, 0) is 91.2 Å². The lowest BCUT2D eigenvalue weighted by atomic mass is 9.86. The van der Waals surface area contributed by atoms with Gasteiger partial charge in [0, 0.05) is 3.57 Å². The molecule has 0 aromatic heterocycles. The summed E-state index contributed by atoms with van der Waals surface area (Å²) in [6.07, 6.45) is 7.53. The van der Waals surface area contributed by atoms with Crippen LogP contribution in [0.25, 0.3) is 21.9 Å². The van der Waals surface area contributed by atoms with Crippen LogP contribution >= 0.6 is 22.6 Å². The molecule has 3 aromatic carbocycles. The van der Waals surface area contributed by atoms with E-state index in [4.69, 9.17) is 0 Å². The maximum absolute atomic E-state index is 4.05. The Kier molecular flexibility index (Phi) is 4.81. The summed E-state index contributed by atoms with van der Waals surface area (Å²) >= 11 is 2.36. The van der Waals surface area contributed by atoms with E-state index in [1.807, 2.05) is 6.08 Å². The maximum Gasteiger partial charge on any atom is 0.0136 e. The molecule has 27 heavy (non-hydrogen) atoms. The zero-order valence-corrected chi connectivity index (χ0v) is 18.0. The second-order valence-corrected chi connectivity index (χ2v) is 9.08. The minimum absolute atomic E-state index is 0.199. The van der Waals surface area contributed by atoms with Gasteiger partial charge >= 0.3 is 0 Å². The molecule has 0 fully saturated rings. The maximum atomic E-state index is 4.05. The van der Waals surface area contributed by atoms with Gasteiger partial charge in [-0.3, -0.25) is 0 Å². The van der Waals surface area contributed by atoms with Crippen molar-refractivity contribution < 1.29 is 0 Å². The van der Waals surface area contributed by atoms with Crippen molar-refractivity contribution in [2.24, 2.45) is 0 Å². The summed E-state index contributed by atoms with van der Waals surface area (Å²) in [7, 11) is 0. The normalized spacial score (nSPS) is 17.3. The molecule has 1 aliphatic rings. The summed E-state index contributed by atoms with van der Waals surface area (Å²) in [6, 6.07) is 22.0. The standard InChI is InChI=1S/C26H23I/c1-4-18(19-10-11-21-16-23(27)14-13-20(21)15-19)9-12-22-17-26(2,3)25-8-6-5-7-24(22)25/h4-16H,1,17H2,2-3H3/b18-9+,22-12+. The van der Waals surface area contributed by atoms with Crippen LogP contribution in [-0.4, -0.2) is 0 Å². The molecule has 0 nitrogen and oxygen atoms in total. The van der Waals surface area contributed by atoms with Crippen LogP contribution in [0, 0.1) is 3.57 Å². The van der Waals surface area contributed by atoms with E-state index in [1.54, 1.807) is 0 Å². The van der Waals surface area contributed by atoms with Gasteiger partial charge in [-0.1, -0.05) is 81.1 Å². The Morgan fingerprint density at radius 1 is 1.00 bits per heavy atom. The van der Waals surface area contributed by atoms with Gasteiger partial charge in [0.05, 0.1) is 0 Å². The van der Waals surface area contributed by atoms with Crippen molar-refractivity contribution in [2.75, 3.05) is 0 Å². The molecule has 0 atom stereocenters. The second-order valence-electron chi connectivity index (χ2n) is 7.83. The molecule has 0 radical (unpaired) electrons. The third-order valence-electron chi connectivity index (χ3n) is 5.45. The van der Waals surface area contributed by atoms with Gasteiger partial charge in [0.2, 0.25) is 0 Å². The van der Waals surface area contributed by atoms with Crippen molar-refractivity contribution in [3.05, 3.63) is 106 Å². The molecule has 1 heteroatoms. The summed E-state index contributed by atoms with van der Waals surface area (Å²) in [5.41, 5.74) is 6.81. The van der Waals surface area contributed by atoms with E-state index >= 15 is 0 Å². The fourth-order valence-electron chi connectivity index (χ4n) is 4.04. The van der Waals surface area contributed by atoms with Gasteiger partial charge < -0.3 is 0 Å². The van der Waals surface area contributed by atoms with Crippen molar-refractivity contribution in [1.82, 2.24) is 0 Å². The Labute approximate surface area is 175 Å². The van der Waals surface area contributed by atoms with Crippen LogP contribution in [0.2, 0.25) is 0 Å². The van der Waals surface area contributed by atoms with Crippen molar-refractivity contribution >= 4 is 44.5 Å². The molecule has 134 valence electrons. The van der Waals surface area contributed by atoms with Crippen molar-refractivity contribution in [3.8, 4) is 0 Å². The Hall–Kier alpha value is -2.13. The van der Waals surface area contributed by atoms with Crippen molar-refractivity contribution in [1.29, 1.82) is 0 Å². The lowest BCUT2D eigenvalue weighted by Gasteiger charge is -2.17. The summed E-state index contributed by atoms with van der Waals surface area (Å²) in [4.78, 5) is 0. The molecule has 4 rings (SSSR count). The molecular formula is C26H23I. The molecule has 0 N–H and O–H groups in total. The minimum Gasteiger partial charge on any atom is -0.0984 e. The molecule has 0 aliphatic heterocycles. The molecule has 0 amide bonds. The fourth-order valence-corrected chi connectivity index (χ4v) is 4.55. The Morgan fingerprint density at radius 2 is 1.74 bits per heavy atom. The smallest absolute Gasteiger partial charge is 0.0136 e. The van der Waals surface area contributed by atoms with Crippen LogP contribution in [0.3, 0.4) is 0 Å². The number of hydrogen-bond donors (Lipinski definition) is 0. The van der Waals surface area contributed by atoms with Crippen LogP contribution < -0.4 is 0 Å². The molecule has 0 saturated carbocycles. The third kappa shape index (κ3) is 3.53. The second kappa shape index (κ2) is 7.12. The van der Waals surface area contributed by atoms with Gasteiger partial charge in [0.25, 0.3) is 0 Å². The Morgan fingerprint density at radius 3 is 2.56 bits per heavy atom. The molecule has 0 unspecified atom stereocenters. The summed E-state index contributed by atoms with van der Waals surface area (Å²) < 4.78 is 1.26. The molecule has 3 aromatic rings.